The molecule has 0 saturated heterocycles. The minimum atomic E-state index is -1.29. The number of aliphatic carboxylic acids is 1. The molecule has 0 aromatic heterocycles. The fraction of sp³-hybridized carbons (Fsp3) is 0.714. The summed E-state index contributed by atoms with van der Waals surface area (Å²) in [4.78, 5) is 41.7. The van der Waals surface area contributed by atoms with Crippen molar-refractivity contribution in [3.63, 3.8) is 0 Å². The van der Waals surface area contributed by atoms with Crippen LogP contribution in [0, 0.1) is 9.81 Å². The molecular weight excluding hydrogens is 234 g/mol. The van der Waals surface area contributed by atoms with Gasteiger partial charge in [0.2, 0.25) is 0 Å². The number of urea groups is 1. The van der Waals surface area contributed by atoms with Gasteiger partial charge in [0.25, 0.3) is 0 Å². The summed E-state index contributed by atoms with van der Waals surface area (Å²) < 4.78 is 0. The molecule has 0 unspecified atom stereocenters. The SMILES string of the molecule is NCCCC[C@H](NC(=O)N(N=O)N=O)C(=O)O. The number of carbonyl (C=O) groups excluding carboxylic acids is 1. The summed E-state index contributed by atoms with van der Waals surface area (Å²) in [7, 11) is 0. The average molecular weight is 247 g/mol. The zero-order valence-corrected chi connectivity index (χ0v) is 8.90. The molecule has 10 nitrogen and oxygen atoms in total. The summed E-state index contributed by atoms with van der Waals surface area (Å²) in [5.41, 5.74) is 5.23. The van der Waals surface area contributed by atoms with Crippen LogP contribution in [0.1, 0.15) is 19.3 Å². The maximum Gasteiger partial charge on any atom is 0.365 e. The normalized spacial score (nSPS) is 11.4. The van der Waals surface area contributed by atoms with Gasteiger partial charge in [-0.3, -0.25) is 0 Å². The van der Waals surface area contributed by atoms with Crippen molar-refractivity contribution in [2.45, 2.75) is 25.3 Å². The number of nitrogens with two attached hydrogens (primary N) is 1. The lowest BCUT2D eigenvalue weighted by Gasteiger charge is -2.14. The molecule has 1 atom stereocenters. The van der Waals surface area contributed by atoms with Gasteiger partial charge < -0.3 is 16.2 Å². The van der Waals surface area contributed by atoms with Gasteiger partial charge in [-0.05, 0) is 30.9 Å². The molecule has 0 heterocycles. The number of nitrogens with zero attached hydrogens (tertiary/aromatic N) is 3. The number of hydrogen-bond donors (Lipinski definition) is 3. The third-order valence-corrected chi connectivity index (χ3v) is 1.88. The largest absolute Gasteiger partial charge is 0.480 e. The first kappa shape index (κ1) is 14.9. The van der Waals surface area contributed by atoms with E-state index in [0.717, 1.165) is 0 Å². The second-order valence-corrected chi connectivity index (χ2v) is 3.08. The second kappa shape index (κ2) is 8.10. The van der Waals surface area contributed by atoms with Gasteiger partial charge in [-0.1, -0.05) is 0 Å². The Morgan fingerprint density at radius 1 is 1.29 bits per heavy atom. The van der Waals surface area contributed by atoms with Crippen molar-refractivity contribution in [1.29, 1.82) is 0 Å². The lowest BCUT2D eigenvalue weighted by molar-refractivity contribution is -0.139. The van der Waals surface area contributed by atoms with E-state index in [2.05, 4.69) is 0 Å². The molecular formula is C7H13N5O5. The van der Waals surface area contributed by atoms with Crippen LogP contribution in [-0.2, 0) is 4.79 Å². The number of carboxylic acid groups (broad SMARTS) is 1. The standard InChI is InChI=1S/C7H13N5O5/c8-4-2-1-3-5(6(13)14)9-7(15)12(10-16)11-17/h5H,1-4,8H2,(H,9,15)(H,13,14)/t5-/m0/s1. The zero-order chi connectivity index (χ0) is 13.3. The van der Waals surface area contributed by atoms with Gasteiger partial charge in [-0.2, -0.15) is 0 Å². The lowest BCUT2D eigenvalue weighted by Crippen LogP contribution is -2.44. The molecule has 0 aliphatic heterocycles. The maximum absolute atomic E-state index is 11.1. The first-order valence-corrected chi connectivity index (χ1v) is 4.76. The van der Waals surface area contributed by atoms with Crippen LogP contribution in [0.3, 0.4) is 0 Å². The van der Waals surface area contributed by atoms with Gasteiger partial charge in [0.15, 0.2) is 0 Å². The molecule has 0 aromatic rings. The van der Waals surface area contributed by atoms with Crippen LogP contribution in [0.2, 0.25) is 0 Å². The molecule has 0 aromatic carbocycles. The number of amides is 2. The fourth-order valence-electron chi connectivity index (χ4n) is 1.05. The molecule has 96 valence electrons. The average Bonchev–Trinajstić information content (AvgIpc) is 2.29. The number of hydrogen-bond acceptors (Lipinski definition) is 7. The van der Waals surface area contributed by atoms with E-state index in [1.807, 2.05) is 15.9 Å². The van der Waals surface area contributed by atoms with Crippen LogP contribution in [0.25, 0.3) is 0 Å². The van der Waals surface area contributed by atoms with Gasteiger partial charge in [-0.15, -0.1) is 9.81 Å². The summed E-state index contributed by atoms with van der Waals surface area (Å²) in [6.45, 7) is 0.401. The van der Waals surface area contributed by atoms with E-state index in [-0.39, 0.29) is 11.5 Å². The van der Waals surface area contributed by atoms with Crippen molar-refractivity contribution in [2.75, 3.05) is 6.54 Å². The highest BCUT2D eigenvalue weighted by atomic mass is 16.4. The third kappa shape index (κ3) is 5.51. The highest BCUT2D eigenvalue weighted by molar-refractivity contribution is 5.82. The van der Waals surface area contributed by atoms with Crippen LogP contribution in [0.15, 0.2) is 10.6 Å². The summed E-state index contributed by atoms with van der Waals surface area (Å²) in [6.07, 6.45) is 1.21. The van der Waals surface area contributed by atoms with Gasteiger partial charge >= 0.3 is 12.0 Å². The van der Waals surface area contributed by atoms with Crippen LogP contribution in [0.5, 0.6) is 0 Å². The van der Waals surface area contributed by atoms with E-state index in [1.54, 1.807) is 0 Å². The number of carboxylic acids is 1. The number of nitrogens with one attached hydrogen (secondary N) is 1. The smallest absolute Gasteiger partial charge is 0.365 e. The summed E-state index contributed by atoms with van der Waals surface area (Å²) in [5.74, 6) is -1.29. The van der Waals surface area contributed by atoms with E-state index in [1.165, 1.54) is 0 Å². The summed E-state index contributed by atoms with van der Waals surface area (Å²) >= 11 is 0. The van der Waals surface area contributed by atoms with Gasteiger partial charge in [0, 0.05) is 0 Å². The van der Waals surface area contributed by atoms with E-state index in [0.29, 0.717) is 19.4 Å². The molecule has 4 N–H and O–H groups in total. The van der Waals surface area contributed by atoms with Gasteiger partial charge in [0.05, 0.1) is 10.6 Å². The highest BCUT2D eigenvalue weighted by Crippen LogP contribution is 2.02. The highest BCUT2D eigenvalue weighted by Gasteiger charge is 2.23. The van der Waals surface area contributed by atoms with Crippen molar-refractivity contribution in [3.05, 3.63) is 9.81 Å². The maximum atomic E-state index is 11.1. The Kier molecular flexibility index (Phi) is 7.10. The Morgan fingerprint density at radius 3 is 2.29 bits per heavy atom. The predicted molar refractivity (Wildman–Crippen MR) is 56.3 cm³/mol. The minimum Gasteiger partial charge on any atom is -0.480 e. The van der Waals surface area contributed by atoms with Crippen LogP contribution in [0.4, 0.5) is 4.79 Å². The Balaban J connectivity index is 4.33. The predicted octanol–water partition coefficient (Wildman–Crippen LogP) is -0.0570. The minimum absolute atomic E-state index is 0.129. The van der Waals surface area contributed by atoms with E-state index in [4.69, 9.17) is 10.8 Å². The van der Waals surface area contributed by atoms with Crippen molar-refractivity contribution in [1.82, 2.24) is 10.4 Å². The quantitative estimate of drug-likeness (QED) is 0.310. The Bertz CT molecular complexity index is 288. The molecule has 0 aliphatic carbocycles. The fourth-order valence-corrected chi connectivity index (χ4v) is 1.05. The molecule has 0 spiro atoms. The number of carbonyl (C=O) groups is 2. The van der Waals surface area contributed by atoms with Crippen LogP contribution in [-0.4, -0.2) is 34.8 Å². The molecule has 10 heteroatoms. The Morgan fingerprint density at radius 2 is 1.88 bits per heavy atom. The monoisotopic (exact) mass is 247 g/mol. The van der Waals surface area contributed by atoms with Gasteiger partial charge in [0.1, 0.15) is 6.04 Å². The van der Waals surface area contributed by atoms with Crippen LogP contribution < -0.4 is 11.1 Å². The van der Waals surface area contributed by atoms with Crippen molar-refractivity contribution >= 4 is 12.0 Å². The molecule has 0 rings (SSSR count). The lowest BCUT2D eigenvalue weighted by atomic mass is 10.1. The van der Waals surface area contributed by atoms with Crippen molar-refractivity contribution in [2.24, 2.45) is 16.3 Å². The van der Waals surface area contributed by atoms with Crippen molar-refractivity contribution in [3.8, 4) is 0 Å². The number of nitroso groups, excluding NO2 is 2. The topological polar surface area (TPSA) is 155 Å². The summed E-state index contributed by atoms with van der Waals surface area (Å²) in [5, 5.41) is 14.4. The van der Waals surface area contributed by atoms with E-state index >= 15 is 0 Å². The van der Waals surface area contributed by atoms with Crippen molar-refractivity contribution < 1.29 is 14.7 Å². The molecule has 2 amide bonds. The van der Waals surface area contributed by atoms with Gasteiger partial charge in [-0.25, -0.2) is 9.59 Å². The second-order valence-electron chi connectivity index (χ2n) is 3.08. The molecule has 0 radical (unpaired) electrons. The third-order valence-electron chi connectivity index (χ3n) is 1.88. The molecule has 0 aliphatic rings. The van der Waals surface area contributed by atoms with E-state index in [9.17, 15) is 19.4 Å². The summed E-state index contributed by atoms with van der Waals surface area (Å²) in [6, 6.07) is -2.50. The molecule has 0 saturated carbocycles. The number of unbranched alkanes of at least 4 members (excludes halogenated alkanes) is 1. The number of rotatable bonds is 8. The first-order valence-electron chi connectivity index (χ1n) is 4.76. The Labute approximate surface area is 96.0 Å². The zero-order valence-electron chi connectivity index (χ0n) is 8.90. The Hall–Kier alpha value is -2.10. The van der Waals surface area contributed by atoms with Crippen LogP contribution >= 0.6 is 0 Å². The molecule has 17 heavy (non-hydrogen) atoms. The first-order chi connectivity index (χ1) is 8.06. The molecule has 0 bridgehead atoms. The molecule has 0 fully saturated rings. The van der Waals surface area contributed by atoms with E-state index < -0.39 is 18.0 Å².